The highest BCUT2D eigenvalue weighted by molar-refractivity contribution is 7.90. The predicted molar refractivity (Wildman–Crippen MR) is 229 cm³/mol. The van der Waals surface area contributed by atoms with E-state index in [0.717, 1.165) is 31.2 Å². The van der Waals surface area contributed by atoms with Gasteiger partial charge in [0, 0.05) is 36.0 Å². The van der Waals surface area contributed by atoms with Gasteiger partial charge in [-0.2, -0.15) is 0 Å². The zero-order valence-corrected chi connectivity index (χ0v) is 35.5. The number of aromatic nitrogens is 1. The fourth-order valence-electron chi connectivity index (χ4n) is 7.88. The molecule has 14 nitrogen and oxygen atoms in total. The minimum atomic E-state index is -4.23. The Hall–Kier alpha value is -5.70. The number of amides is 5. The third-order valence-corrected chi connectivity index (χ3v) is 12.5. The van der Waals surface area contributed by atoms with E-state index in [1.807, 2.05) is 62.4 Å². The number of fused-ring (bicyclic) bond motifs is 1. The lowest BCUT2D eigenvalue weighted by molar-refractivity contribution is -0.130. The van der Waals surface area contributed by atoms with Crippen molar-refractivity contribution in [2.75, 3.05) is 20.2 Å². The van der Waals surface area contributed by atoms with E-state index in [1.165, 1.54) is 23.5 Å². The topological polar surface area (TPSA) is 185 Å². The van der Waals surface area contributed by atoms with Gasteiger partial charge in [0.1, 0.15) is 35.7 Å². The molecule has 60 heavy (non-hydrogen) atoms. The largest absolute Gasteiger partial charge is 0.497 e. The minimum Gasteiger partial charge on any atom is -0.497 e. The predicted octanol–water partition coefficient (Wildman–Crippen LogP) is 5.95. The van der Waals surface area contributed by atoms with Gasteiger partial charge in [-0.1, -0.05) is 95.0 Å². The van der Waals surface area contributed by atoms with Crippen molar-refractivity contribution in [2.24, 2.45) is 11.8 Å². The van der Waals surface area contributed by atoms with Gasteiger partial charge < -0.3 is 30.3 Å². The molecule has 1 aliphatic carbocycles. The Morgan fingerprint density at radius 3 is 2.25 bits per heavy atom. The van der Waals surface area contributed by atoms with E-state index < -0.39 is 52.1 Å². The molecule has 1 saturated heterocycles. The van der Waals surface area contributed by atoms with E-state index in [0.29, 0.717) is 47.0 Å². The number of pyridine rings is 1. The lowest BCUT2D eigenvalue weighted by Crippen LogP contribution is -2.58. The molecule has 4 atom stereocenters. The van der Waals surface area contributed by atoms with Crippen LogP contribution in [0.25, 0.3) is 22.2 Å². The first-order chi connectivity index (χ1) is 28.9. The van der Waals surface area contributed by atoms with Crippen LogP contribution in [0.3, 0.4) is 0 Å². The lowest BCUT2D eigenvalue weighted by Gasteiger charge is -2.29. The van der Waals surface area contributed by atoms with Crippen molar-refractivity contribution < 1.29 is 37.1 Å². The molecule has 0 spiro atoms. The number of sulfonamides is 1. The summed E-state index contributed by atoms with van der Waals surface area (Å²) in [6, 6.07) is 20.4. The molecule has 2 heterocycles. The van der Waals surface area contributed by atoms with E-state index in [1.54, 1.807) is 38.3 Å². The number of nitrogens with one attached hydrogen (secondary N) is 4. The van der Waals surface area contributed by atoms with Crippen LogP contribution < -0.4 is 30.1 Å². The molecule has 3 aromatic carbocycles. The van der Waals surface area contributed by atoms with Gasteiger partial charge in [0.15, 0.2) is 0 Å². The molecular formula is C45H56N6O8S. The maximum absolute atomic E-state index is 14.3. The Bertz CT molecular complexity index is 2230. The molecule has 15 heteroatoms. The average Bonchev–Trinajstić information content (AvgIpc) is 3.69. The molecule has 4 unspecified atom stereocenters. The third-order valence-electron chi connectivity index (χ3n) is 11.2. The summed E-state index contributed by atoms with van der Waals surface area (Å²) in [5.74, 6) is -0.678. The molecule has 4 N–H and O–H groups in total. The van der Waals surface area contributed by atoms with Gasteiger partial charge in [0.05, 0.1) is 29.8 Å². The number of carbonyl (C=O) groups is 4. The van der Waals surface area contributed by atoms with Crippen LogP contribution in [0.4, 0.5) is 4.79 Å². The molecule has 6 rings (SSSR count). The average molecular weight is 841 g/mol. The van der Waals surface area contributed by atoms with Gasteiger partial charge in [-0.25, -0.2) is 22.9 Å². The molecule has 1 aromatic heterocycles. The van der Waals surface area contributed by atoms with E-state index in [4.69, 9.17) is 14.5 Å². The van der Waals surface area contributed by atoms with Crippen LogP contribution in [-0.2, 0) is 24.4 Å². The van der Waals surface area contributed by atoms with E-state index in [-0.39, 0.29) is 36.1 Å². The highest BCUT2D eigenvalue weighted by Crippen LogP contribution is 2.35. The summed E-state index contributed by atoms with van der Waals surface area (Å²) in [6.07, 6.45) is 5.45. The van der Waals surface area contributed by atoms with Crippen molar-refractivity contribution in [1.29, 1.82) is 0 Å². The molecule has 0 bridgehead atoms. The van der Waals surface area contributed by atoms with Gasteiger partial charge in [0.25, 0.3) is 15.9 Å². The zero-order chi connectivity index (χ0) is 42.8. The number of nitrogens with zero attached hydrogens (tertiary/aromatic N) is 2. The van der Waals surface area contributed by atoms with Crippen LogP contribution in [0.1, 0.15) is 72.1 Å². The van der Waals surface area contributed by atoms with Crippen LogP contribution in [-0.4, -0.2) is 86.5 Å². The number of rotatable bonds is 16. The molecule has 0 radical (unpaired) electrons. The van der Waals surface area contributed by atoms with Crippen molar-refractivity contribution in [3.8, 4) is 22.8 Å². The summed E-state index contributed by atoms with van der Waals surface area (Å²) >= 11 is 0. The monoisotopic (exact) mass is 840 g/mol. The Morgan fingerprint density at radius 2 is 1.58 bits per heavy atom. The first-order valence-corrected chi connectivity index (χ1v) is 22.3. The van der Waals surface area contributed by atoms with Gasteiger partial charge in [0.2, 0.25) is 11.8 Å². The fourth-order valence-corrected chi connectivity index (χ4v) is 8.92. The number of carbonyl (C=O) groups excluding carboxylic acids is 4. The fraction of sp³-hybridized carbons (Fsp3) is 0.444. The van der Waals surface area contributed by atoms with Gasteiger partial charge in [-0.3, -0.25) is 14.4 Å². The number of ether oxygens (including phenoxy) is 2. The third kappa shape index (κ3) is 10.9. The van der Waals surface area contributed by atoms with Crippen molar-refractivity contribution >= 4 is 44.7 Å². The Morgan fingerprint density at radius 1 is 0.883 bits per heavy atom. The van der Waals surface area contributed by atoms with E-state index >= 15 is 0 Å². The van der Waals surface area contributed by atoms with Crippen molar-refractivity contribution in [2.45, 2.75) is 101 Å². The molecule has 1 aliphatic heterocycles. The van der Waals surface area contributed by atoms with Gasteiger partial charge >= 0.3 is 6.03 Å². The summed E-state index contributed by atoms with van der Waals surface area (Å²) in [5, 5.41) is 9.37. The summed E-state index contributed by atoms with van der Waals surface area (Å²) in [4.78, 5) is 61.8. The van der Waals surface area contributed by atoms with Gasteiger partial charge in [-0.05, 0) is 55.4 Å². The maximum Gasteiger partial charge on any atom is 0.318 e. The Balaban J connectivity index is 1.27. The quantitative estimate of drug-likeness (QED) is 0.106. The van der Waals surface area contributed by atoms with Crippen molar-refractivity contribution in [3.05, 3.63) is 84.9 Å². The van der Waals surface area contributed by atoms with E-state index in [9.17, 15) is 27.6 Å². The molecule has 320 valence electrons. The highest BCUT2D eigenvalue weighted by Gasteiger charge is 2.43. The second-order valence-corrected chi connectivity index (χ2v) is 17.6. The zero-order valence-electron chi connectivity index (χ0n) is 34.7. The number of hydrogen-bond donors (Lipinski definition) is 4. The van der Waals surface area contributed by atoms with Crippen LogP contribution in [0.5, 0.6) is 11.5 Å². The summed E-state index contributed by atoms with van der Waals surface area (Å²) < 4.78 is 40.4. The Kier molecular flexibility index (Phi) is 14.6. The van der Waals surface area contributed by atoms with Crippen LogP contribution in [0.2, 0.25) is 0 Å². The molecular weight excluding hydrogens is 785 g/mol. The number of benzene rings is 3. The summed E-state index contributed by atoms with van der Waals surface area (Å²) in [6.45, 7) is 5.99. The van der Waals surface area contributed by atoms with Crippen LogP contribution >= 0.6 is 0 Å². The SMILES string of the molecule is CCCC(NC(=O)C1CC(Oc2cc(-c3ccccc3)nc3cc(OC)ccc23)CN1C(=O)NC(C(=O)NCC1CCCCC1)C(C)C)C(=O)NS(=O)(=O)c1ccccc1. The number of methoxy groups -OCH3 is 1. The highest BCUT2D eigenvalue weighted by atomic mass is 32.2. The van der Waals surface area contributed by atoms with Crippen molar-refractivity contribution in [1.82, 2.24) is 30.6 Å². The molecule has 5 amide bonds. The van der Waals surface area contributed by atoms with Crippen LogP contribution in [0, 0.1) is 11.8 Å². The second-order valence-electron chi connectivity index (χ2n) is 16.0. The lowest BCUT2D eigenvalue weighted by atomic mass is 9.89. The normalized spacial score (nSPS) is 18.1. The molecule has 4 aromatic rings. The smallest absolute Gasteiger partial charge is 0.318 e. The molecule has 2 aliphatic rings. The first-order valence-electron chi connectivity index (χ1n) is 20.8. The number of likely N-dealkylation sites (tertiary alicyclic amines) is 1. The molecule has 2 fully saturated rings. The van der Waals surface area contributed by atoms with E-state index in [2.05, 4.69) is 20.7 Å². The minimum absolute atomic E-state index is 0.0306. The maximum atomic E-state index is 14.3. The number of hydrogen-bond acceptors (Lipinski definition) is 9. The van der Waals surface area contributed by atoms with Gasteiger partial charge in [-0.15, -0.1) is 0 Å². The Labute approximate surface area is 352 Å². The summed E-state index contributed by atoms with van der Waals surface area (Å²) in [5.41, 5.74) is 2.12. The van der Waals surface area contributed by atoms with Crippen LogP contribution in [0.15, 0.2) is 89.8 Å². The van der Waals surface area contributed by atoms with Crippen molar-refractivity contribution in [3.63, 3.8) is 0 Å². The second kappa shape index (κ2) is 20.0. The standard InChI is InChI=1S/C45H56N6O8S/c1-5-15-36(42(52)50-60(56,57)34-20-13-8-14-21-34)48-43(53)39-25-33(28-51(39)45(55)49-41(29(2)3)44(54)46-27-30-16-9-6-10-17-30)59-40-26-37(31-18-11-7-12-19-31)47-38-24-32(58-4)22-23-35(38)40/h7-8,11-14,18-24,26,29-30,33,36,39,41H,5-6,9-10,15-17,25,27-28H2,1-4H3,(H,46,54)(H,48,53)(H,49,55)(H,50,52). The number of urea groups is 1. The first kappa shape index (κ1) is 43.9. The summed E-state index contributed by atoms with van der Waals surface area (Å²) in [7, 11) is -2.66. The molecule has 1 saturated carbocycles.